The molecule has 0 saturated heterocycles. The Morgan fingerprint density at radius 2 is 1.97 bits per heavy atom. The lowest BCUT2D eigenvalue weighted by atomic mass is 9.83. The van der Waals surface area contributed by atoms with Gasteiger partial charge in [0.15, 0.2) is 0 Å². The van der Waals surface area contributed by atoms with Crippen molar-refractivity contribution in [3.63, 3.8) is 0 Å². The van der Waals surface area contributed by atoms with Crippen molar-refractivity contribution in [3.8, 4) is 11.5 Å². The van der Waals surface area contributed by atoms with Crippen LogP contribution in [0.3, 0.4) is 0 Å². The smallest absolute Gasteiger partial charge is 0.228 e. The van der Waals surface area contributed by atoms with E-state index in [0.717, 1.165) is 35.9 Å². The Hall–Kier alpha value is -2.56. The Morgan fingerprint density at radius 1 is 1.23 bits per heavy atom. The van der Waals surface area contributed by atoms with Gasteiger partial charge in [-0.1, -0.05) is 40.7 Å². The average Bonchev–Trinajstić information content (AvgIpc) is 2.69. The highest BCUT2D eigenvalue weighted by molar-refractivity contribution is 5.82. The maximum atomic E-state index is 13.0. The Kier molecular flexibility index (Phi) is 6.39. The van der Waals surface area contributed by atoms with Gasteiger partial charge < -0.3 is 14.4 Å². The van der Waals surface area contributed by atoms with Crippen molar-refractivity contribution in [1.82, 2.24) is 9.88 Å². The number of hydrogen-bond donors (Lipinski definition) is 0. The predicted molar refractivity (Wildman–Crippen MR) is 119 cm³/mol. The summed E-state index contributed by atoms with van der Waals surface area (Å²) in [6, 6.07) is 10.2. The normalized spacial score (nSPS) is 16.4. The van der Waals surface area contributed by atoms with Gasteiger partial charge in [-0.3, -0.25) is 9.78 Å². The van der Waals surface area contributed by atoms with Crippen LogP contribution in [0.1, 0.15) is 63.2 Å². The first kappa shape index (κ1) is 22.1. The quantitative estimate of drug-likeness (QED) is 0.688. The molecule has 0 saturated carbocycles. The zero-order valence-corrected chi connectivity index (χ0v) is 19.3. The number of rotatable bonds is 5. The molecule has 0 N–H and O–H groups in total. The topological polar surface area (TPSA) is 51.7 Å². The van der Waals surface area contributed by atoms with Crippen LogP contribution in [0.4, 0.5) is 0 Å². The zero-order chi connectivity index (χ0) is 22.1. The molecular formula is C25H34N2O3. The fraction of sp³-hybridized carbons (Fsp3) is 0.520. The molecule has 5 nitrogen and oxygen atoms in total. The van der Waals surface area contributed by atoms with E-state index < -0.39 is 0 Å². The third kappa shape index (κ3) is 4.61. The summed E-state index contributed by atoms with van der Waals surface area (Å²) < 4.78 is 11.5. The van der Waals surface area contributed by atoms with Crippen molar-refractivity contribution in [2.45, 2.75) is 60.6 Å². The van der Waals surface area contributed by atoms with Gasteiger partial charge in [-0.25, -0.2) is 0 Å². The number of aryl methyl sites for hydroxylation is 1. The molecule has 0 aliphatic carbocycles. The highest BCUT2D eigenvalue weighted by Crippen LogP contribution is 2.39. The Bertz CT molecular complexity index is 915. The van der Waals surface area contributed by atoms with Gasteiger partial charge in [-0.05, 0) is 54.7 Å². The van der Waals surface area contributed by atoms with E-state index in [4.69, 9.17) is 9.47 Å². The number of carbonyl (C=O) groups is 1. The molecule has 0 spiro atoms. The van der Waals surface area contributed by atoms with E-state index in [9.17, 15) is 4.79 Å². The maximum Gasteiger partial charge on any atom is 0.228 e. The highest BCUT2D eigenvalue weighted by Gasteiger charge is 2.37. The molecule has 0 fully saturated rings. The number of carbonyl (C=O) groups excluding carboxylic acids is 1. The minimum atomic E-state index is -0.381. The number of ether oxygens (including phenoxy) is 2. The molecule has 0 radical (unpaired) electrons. The van der Waals surface area contributed by atoms with Gasteiger partial charge in [0.2, 0.25) is 5.91 Å². The van der Waals surface area contributed by atoms with Gasteiger partial charge in [0.25, 0.3) is 0 Å². The van der Waals surface area contributed by atoms with E-state index in [1.807, 2.05) is 45.9 Å². The number of nitrogens with zero attached hydrogens (tertiary/aromatic N) is 2. The number of fused-ring (bicyclic) bond motifs is 1. The van der Waals surface area contributed by atoms with Crippen molar-refractivity contribution in [1.29, 1.82) is 0 Å². The number of benzene rings is 1. The van der Waals surface area contributed by atoms with Crippen LogP contribution in [0.2, 0.25) is 0 Å². The largest absolute Gasteiger partial charge is 0.495 e. The van der Waals surface area contributed by atoms with Crippen molar-refractivity contribution >= 4 is 5.91 Å². The summed E-state index contributed by atoms with van der Waals surface area (Å²) in [6.45, 7) is 13.4. The lowest BCUT2D eigenvalue weighted by Crippen LogP contribution is -2.46. The van der Waals surface area contributed by atoms with Gasteiger partial charge in [0.1, 0.15) is 23.8 Å². The maximum absolute atomic E-state index is 13.0. The second-order valence-electron chi connectivity index (χ2n) is 9.44. The Morgan fingerprint density at radius 3 is 2.60 bits per heavy atom. The molecule has 1 aliphatic rings. The molecule has 2 aromatic rings. The summed E-state index contributed by atoms with van der Waals surface area (Å²) in [5.74, 6) is 2.10. The van der Waals surface area contributed by atoms with Crippen LogP contribution in [0.15, 0.2) is 30.3 Å². The molecule has 3 rings (SSSR count). The molecule has 1 aromatic carbocycles. The molecule has 1 amide bonds. The zero-order valence-electron chi connectivity index (χ0n) is 19.3. The molecule has 162 valence electrons. The van der Waals surface area contributed by atoms with Crippen LogP contribution in [-0.4, -0.2) is 29.4 Å². The summed E-state index contributed by atoms with van der Waals surface area (Å²) in [7, 11) is 1.64. The molecule has 1 unspecified atom stereocenters. The summed E-state index contributed by atoms with van der Waals surface area (Å²) >= 11 is 0. The summed E-state index contributed by atoms with van der Waals surface area (Å²) in [5.41, 5.74) is 3.83. The van der Waals surface area contributed by atoms with Crippen molar-refractivity contribution in [3.05, 3.63) is 52.8 Å². The summed E-state index contributed by atoms with van der Waals surface area (Å²) in [5, 5.41) is 0. The first-order valence-corrected chi connectivity index (χ1v) is 10.7. The number of amides is 1. The van der Waals surface area contributed by atoms with Gasteiger partial charge in [-0.2, -0.15) is 0 Å². The Labute approximate surface area is 180 Å². The van der Waals surface area contributed by atoms with E-state index in [-0.39, 0.29) is 17.4 Å². The van der Waals surface area contributed by atoms with Crippen LogP contribution >= 0.6 is 0 Å². The van der Waals surface area contributed by atoms with Crippen LogP contribution < -0.4 is 9.47 Å². The minimum absolute atomic E-state index is 0.0908. The van der Waals surface area contributed by atoms with Gasteiger partial charge in [0, 0.05) is 17.7 Å². The second-order valence-corrected chi connectivity index (χ2v) is 9.44. The van der Waals surface area contributed by atoms with Crippen molar-refractivity contribution < 1.29 is 14.3 Å². The van der Waals surface area contributed by atoms with Crippen LogP contribution in [-0.2, 0) is 17.8 Å². The van der Waals surface area contributed by atoms with Gasteiger partial charge >= 0.3 is 0 Å². The standard InChI is InChI=1S/C25H34N2O3/c1-16(2)23-20-10-9-19(30-15-21-22(29-7)11-8-17(3)26-21)14-18(20)12-13-27(23)24(28)25(4,5)6/h8-11,14,16,23H,12-13,15H2,1-7H3. The molecule has 0 bridgehead atoms. The summed E-state index contributed by atoms with van der Waals surface area (Å²) in [6.07, 6.45) is 0.837. The van der Waals surface area contributed by atoms with E-state index >= 15 is 0 Å². The Balaban J connectivity index is 1.83. The average molecular weight is 411 g/mol. The second kappa shape index (κ2) is 8.66. The number of methoxy groups -OCH3 is 1. The van der Waals surface area contributed by atoms with Crippen LogP contribution in [0.25, 0.3) is 0 Å². The molecular weight excluding hydrogens is 376 g/mol. The third-order valence-electron chi connectivity index (χ3n) is 5.59. The fourth-order valence-electron chi connectivity index (χ4n) is 4.14. The number of hydrogen-bond acceptors (Lipinski definition) is 4. The molecule has 5 heteroatoms. The SMILES string of the molecule is COc1ccc(C)nc1COc1ccc2c(c1)CCN(C(=O)C(C)(C)C)C2C(C)C. The van der Waals surface area contributed by atoms with Crippen molar-refractivity contribution in [2.24, 2.45) is 11.3 Å². The van der Waals surface area contributed by atoms with Gasteiger partial charge in [0.05, 0.1) is 13.2 Å². The lowest BCUT2D eigenvalue weighted by molar-refractivity contribution is -0.143. The molecule has 1 aliphatic heterocycles. The third-order valence-corrected chi connectivity index (χ3v) is 5.59. The van der Waals surface area contributed by atoms with Crippen LogP contribution in [0.5, 0.6) is 11.5 Å². The van der Waals surface area contributed by atoms with Crippen LogP contribution in [0, 0.1) is 18.3 Å². The van der Waals surface area contributed by atoms with Crippen molar-refractivity contribution in [2.75, 3.05) is 13.7 Å². The predicted octanol–water partition coefficient (Wildman–Crippen LogP) is 5.11. The molecule has 30 heavy (non-hydrogen) atoms. The minimum Gasteiger partial charge on any atom is -0.495 e. The molecule has 1 atom stereocenters. The van der Waals surface area contributed by atoms with E-state index in [1.54, 1.807) is 7.11 Å². The summed E-state index contributed by atoms with van der Waals surface area (Å²) in [4.78, 5) is 19.6. The highest BCUT2D eigenvalue weighted by atomic mass is 16.5. The number of aromatic nitrogens is 1. The first-order chi connectivity index (χ1) is 14.1. The van der Waals surface area contributed by atoms with Gasteiger partial charge in [-0.15, -0.1) is 0 Å². The number of pyridine rings is 1. The van der Waals surface area contributed by atoms with E-state index in [2.05, 4.69) is 35.9 Å². The first-order valence-electron chi connectivity index (χ1n) is 10.7. The fourth-order valence-corrected chi connectivity index (χ4v) is 4.14. The van der Waals surface area contributed by atoms with E-state index in [1.165, 1.54) is 11.1 Å². The van der Waals surface area contributed by atoms with E-state index in [0.29, 0.717) is 12.5 Å². The molecule has 1 aromatic heterocycles. The lowest BCUT2D eigenvalue weighted by Gasteiger charge is -2.42. The molecule has 2 heterocycles. The monoisotopic (exact) mass is 410 g/mol.